The van der Waals surface area contributed by atoms with Crippen LogP contribution >= 0.6 is 0 Å². The van der Waals surface area contributed by atoms with E-state index in [9.17, 15) is 13.2 Å². The second-order valence-electron chi connectivity index (χ2n) is 8.06. The smallest absolute Gasteiger partial charge is 0.246 e. The van der Waals surface area contributed by atoms with Gasteiger partial charge in [-0.25, -0.2) is 8.42 Å². The predicted octanol–water partition coefficient (Wildman–Crippen LogP) is 3.80. The maximum absolute atomic E-state index is 13.1. The lowest BCUT2D eigenvalue weighted by Crippen LogP contribution is -2.40. The minimum Gasteiger partial charge on any atom is -0.492 e. The van der Waals surface area contributed by atoms with Crippen molar-refractivity contribution in [3.05, 3.63) is 18.2 Å². The lowest BCUT2D eigenvalue weighted by Gasteiger charge is -2.27. The molecular weight excluding hydrogens is 404 g/mol. The van der Waals surface area contributed by atoms with Crippen LogP contribution in [0.5, 0.6) is 5.75 Å². The van der Waals surface area contributed by atoms with Crippen molar-refractivity contribution in [1.29, 1.82) is 0 Å². The van der Waals surface area contributed by atoms with Crippen molar-refractivity contribution in [3.63, 3.8) is 0 Å². The molecule has 168 valence electrons. The average Bonchev–Trinajstić information content (AvgIpc) is 2.76. The Hall–Kier alpha value is -1.64. The van der Waals surface area contributed by atoms with Gasteiger partial charge in [-0.3, -0.25) is 4.79 Å². The molecule has 30 heavy (non-hydrogen) atoms. The zero-order valence-electron chi connectivity index (χ0n) is 17.9. The first-order valence-electron chi connectivity index (χ1n) is 11.2. The molecule has 1 aliphatic carbocycles. The van der Waals surface area contributed by atoms with Crippen LogP contribution in [0.25, 0.3) is 0 Å². The van der Waals surface area contributed by atoms with Crippen molar-refractivity contribution in [2.45, 2.75) is 63.2 Å². The summed E-state index contributed by atoms with van der Waals surface area (Å²) in [6, 6.07) is 4.83. The monoisotopic (exact) mass is 438 g/mol. The van der Waals surface area contributed by atoms with Crippen molar-refractivity contribution in [1.82, 2.24) is 4.31 Å². The molecule has 0 spiro atoms. The molecule has 2 aliphatic rings. The number of ether oxygens (including phenoxy) is 2. The van der Waals surface area contributed by atoms with E-state index in [0.29, 0.717) is 50.8 Å². The van der Waals surface area contributed by atoms with E-state index in [-0.39, 0.29) is 10.8 Å². The largest absolute Gasteiger partial charge is 0.492 e. The maximum atomic E-state index is 13.1. The summed E-state index contributed by atoms with van der Waals surface area (Å²) in [5, 5.41) is 2.86. The van der Waals surface area contributed by atoms with Gasteiger partial charge in [-0.2, -0.15) is 4.31 Å². The fourth-order valence-corrected chi connectivity index (χ4v) is 5.80. The molecule has 0 bridgehead atoms. The number of rotatable bonds is 9. The first kappa shape index (κ1) is 23.0. The summed E-state index contributed by atoms with van der Waals surface area (Å²) in [6.45, 7) is 3.55. The van der Waals surface area contributed by atoms with E-state index in [1.165, 1.54) is 42.5 Å². The Morgan fingerprint density at radius 2 is 1.93 bits per heavy atom. The number of carbonyl (C=O) groups excluding carboxylic acids is 1. The number of carbonyl (C=O) groups is 1. The SMILES string of the molecule is CCOc1ccc(NC(=O)CCCC2CCCCC2)cc1S(=O)(=O)N1CCOCC1. The zero-order valence-corrected chi connectivity index (χ0v) is 18.7. The number of nitrogens with zero attached hydrogens (tertiary/aromatic N) is 1. The molecular formula is C22H34N2O5S. The minimum absolute atomic E-state index is 0.0790. The summed E-state index contributed by atoms with van der Waals surface area (Å²) in [5.74, 6) is 0.978. The third-order valence-electron chi connectivity index (χ3n) is 5.86. The number of nitrogens with one attached hydrogen (secondary N) is 1. The molecule has 3 rings (SSSR count). The highest BCUT2D eigenvalue weighted by molar-refractivity contribution is 7.89. The first-order chi connectivity index (χ1) is 14.5. The molecule has 1 saturated carbocycles. The normalized spacial score (nSPS) is 18.8. The number of sulfonamides is 1. The van der Waals surface area contributed by atoms with Crippen LogP contribution in [-0.4, -0.2) is 51.5 Å². The van der Waals surface area contributed by atoms with Crippen molar-refractivity contribution in [2.75, 3.05) is 38.2 Å². The first-order valence-corrected chi connectivity index (χ1v) is 12.6. The third kappa shape index (κ3) is 6.18. The second-order valence-corrected chi connectivity index (χ2v) is 9.96. The van der Waals surface area contributed by atoms with Crippen molar-refractivity contribution in [3.8, 4) is 5.75 Å². The van der Waals surface area contributed by atoms with Gasteiger partial charge in [-0.05, 0) is 43.9 Å². The van der Waals surface area contributed by atoms with Crippen LogP contribution in [0.1, 0.15) is 58.3 Å². The average molecular weight is 439 g/mol. The summed E-state index contributed by atoms with van der Waals surface area (Å²) in [7, 11) is -3.73. The number of benzene rings is 1. The van der Waals surface area contributed by atoms with Crippen molar-refractivity contribution >= 4 is 21.6 Å². The fraction of sp³-hybridized carbons (Fsp3) is 0.682. The lowest BCUT2D eigenvalue weighted by molar-refractivity contribution is -0.116. The van der Waals surface area contributed by atoms with E-state index < -0.39 is 10.0 Å². The highest BCUT2D eigenvalue weighted by atomic mass is 32.2. The minimum atomic E-state index is -3.73. The second kappa shape index (κ2) is 11.1. The Morgan fingerprint density at radius 3 is 2.63 bits per heavy atom. The van der Waals surface area contributed by atoms with Crippen LogP contribution in [0.15, 0.2) is 23.1 Å². The van der Waals surface area contributed by atoms with E-state index >= 15 is 0 Å². The molecule has 0 radical (unpaired) electrons. The lowest BCUT2D eigenvalue weighted by atomic mass is 9.86. The number of amides is 1. The van der Waals surface area contributed by atoms with E-state index in [4.69, 9.17) is 9.47 Å². The van der Waals surface area contributed by atoms with Gasteiger partial charge in [0.15, 0.2) is 0 Å². The molecule has 2 fully saturated rings. The van der Waals surface area contributed by atoms with E-state index in [2.05, 4.69) is 5.32 Å². The molecule has 1 saturated heterocycles. The molecule has 0 aromatic heterocycles. The van der Waals surface area contributed by atoms with Gasteiger partial charge in [-0.15, -0.1) is 0 Å². The summed E-state index contributed by atoms with van der Waals surface area (Å²) in [4.78, 5) is 12.5. The Balaban J connectivity index is 1.64. The Kier molecular flexibility index (Phi) is 8.53. The number of hydrogen-bond donors (Lipinski definition) is 1. The molecule has 1 amide bonds. The van der Waals surface area contributed by atoms with Gasteiger partial charge < -0.3 is 14.8 Å². The van der Waals surface area contributed by atoms with Gasteiger partial charge in [0.05, 0.1) is 19.8 Å². The highest BCUT2D eigenvalue weighted by Crippen LogP contribution is 2.31. The van der Waals surface area contributed by atoms with Gasteiger partial charge in [0.25, 0.3) is 0 Å². The molecule has 0 unspecified atom stereocenters. The van der Waals surface area contributed by atoms with E-state index in [1.54, 1.807) is 12.1 Å². The van der Waals surface area contributed by atoms with Crippen LogP contribution in [0, 0.1) is 5.92 Å². The summed E-state index contributed by atoms with van der Waals surface area (Å²) in [6.07, 6.45) is 8.93. The van der Waals surface area contributed by atoms with Gasteiger partial charge in [0.1, 0.15) is 10.6 Å². The fourth-order valence-electron chi connectivity index (χ4n) is 4.24. The van der Waals surface area contributed by atoms with Crippen LogP contribution in [-0.2, 0) is 19.6 Å². The standard InChI is InChI=1S/C22H34N2O5S/c1-2-29-20-12-11-19(17-21(20)30(26,27)24-13-15-28-16-14-24)23-22(25)10-6-9-18-7-4-3-5-8-18/h11-12,17-18H,2-10,13-16H2,1H3,(H,23,25). The Labute approximate surface area is 180 Å². The van der Waals surface area contributed by atoms with Crippen molar-refractivity contribution < 1.29 is 22.7 Å². The van der Waals surface area contributed by atoms with Crippen LogP contribution < -0.4 is 10.1 Å². The van der Waals surface area contributed by atoms with Gasteiger partial charge in [-0.1, -0.05) is 32.1 Å². The van der Waals surface area contributed by atoms with Crippen LogP contribution in [0.2, 0.25) is 0 Å². The zero-order chi connectivity index (χ0) is 21.4. The third-order valence-corrected chi connectivity index (χ3v) is 7.78. The summed E-state index contributed by atoms with van der Waals surface area (Å²) in [5.41, 5.74) is 0.480. The Bertz CT molecular complexity index is 800. The number of anilines is 1. The molecule has 7 nitrogen and oxygen atoms in total. The maximum Gasteiger partial charge on any atom is 0.246 e. The molecule has 8 heteroatoms. The molecule has 1 aliphatic heterocycles. The molecule has 1 heterocycles. The summed E-state index contributed by atoms with van der Waals surface area (Å²) >= 11 is 0. The number of morpholine rings is 1. The van der Waals surface area contributed by atoms with Gasteiger partial charge >= 0.3 is 0 Å². The molecule has 1 aromatic carbocycles. The van der Waals surface area contributed by atoms with Crippen LogP contribution in [0.3, 0.4) is 0 Å². The predicted molar refractivity (Wildman–Crippen MR) is 116 cm³/mol. The summed E-state index contributed by atoms with van der Waals surface area (Å²) < 4.78 is 38.5. The van der Waals surface area contributed by atoms with Crippen molar-refractivity contribution in [2.24, 2.45) is 5.92 Å². The van der Waals surface area contributed by atoms with E-state index in [0.717, 1.165) is 18.8 Å². The van der Waals surface area contributed by atoms with Gasteiger partial charge in [0, 0.05) is 25.2 Å². The Morgan fingerprint density at radius 1 is 1.20 bits per heavy atom. The van der Waals surface area contributed by atoms with E-state index in [1.807, 2.05) is 6.92 Å². The molecule has 1 aromatic rings. The van der Waals surface area contributed by atoms with Crippen LogP contribution in [0.4, 0.5) is 5.69 Å². The topological polar surface area (TPSA) is 84.9 Å². The molecule has 1 N–H and O–H groups in total. The number of hydrogen-bond acceptors (Lipinski definition) is 5. The van der Waals surface area contributed by atoms with Gasteiger partial charge in [0.2, 0.25) is 15.9 Å². The highest BCUT2D eigenvalue weighted by Gasteiger charge is 2.29. The molecule has 0 atom stereocenters. The quantitative estimate of drug-likeness (QED) is 0.634.